The maximum absolute atomic E-state index is 13.1. The highest BCUT2D eigenvalue weighted by atomic mass is 31.2. The van der Waals surface area contributed by atoms with Gasteiger partial charge >= 0.3 is 39.5 Å². The van der Waals surface area contributed by atoms with Crippen molar-refractivity contribution >= 4 is 39.5 Å². The molecule has 0 heterocycles. The van der Waals surface area contributed by atoms with Crippen LogP contribution in [0.25, 0.3) is 0 Å². The second kappa shape index (κ2) is 70.7. The van der Waals surface area contributed by atoms with Crippen LogP contribution >= 0.6 is 15.6 Å². The van der Waals surface area contributed by atoms with Crippen molar-refractivity contribution in [3.05, 3.63) is 0 Å². The topological polar surface area (TPSA) is 237 Å². The highest BCUT2D eigenvalue weighted by Crippen LogP contribution is 2.45. The van der Waals surface area contributed by atoms with Gasteiger partial charge < -0.3 is 33.8 Å². The van der Waals surface area contributed by atoms with Crippen LogP contribution in [0.1, 0.15) is 414 Å². The summed E-state index contributed by atoms with van der Waals surface area (Å²) >= 11 is 0. The minimum Gasteiger partial charge on any atom is -0.462 e. The van der Waals surface area contributed by atoms with E-state index in [4.69, 9.17) is 37.0 Å². The zero-order valence-electron chi connectivity index (χ0n) is 64.1. The van der Waals surface area contributed by atoms with Gasteiger partial charge in [0.15, 0.2) is 12.2 Å². The SMILES string of the molecule is CCCCCCCCCCCCCCCCCCCCCCC(=O)O[C@H](COC(=O)CCCCCCCCCCCCCCCCCC(C)C)COP(=O)(O)OC[C@@H](O)COP(=O)(O)OC[C@@H](COC(=O)CCCCCCCCC)OC(=O)CCCCCCCCCCCCC(C)C. The molecule has 2 unspecified atom stereocenters. The quantitative estimate of drug-likeness (QED) is 0.0222. The first-order valence-electron chi connectivity index (χ1n) is 41.0. The van der Waals surface area contributed by atoms with Gasteiger partial charge in [-0.1, -0.05) is 363 Å². The largest absolute Gasteiger partial charge is 0.472 e. The number of aliphatic hydroxyl groups is 1. The molecule has 0 aromatic rings. The molecule has 0 saturated heterocycles. The van der Waals surface area contributed by atoms with E-state index in [0.29, 0.717) is 25.7 Å². The number of unbranched alkanes of at least 4 members (excludes halogenated alkanes) is 48. The van der Waals surface area contributed by atoms with Gasteiger partial charge in [-0.15, -0.1) is 0 Å². The molecule has 19 heteroatoms. The van der Waals surface area contributed by atoms with Gasteiger partial charge in [-0.25, -0.2) is 9.13 Å². The third-order valence-electron chi connectivity index (χ3n) is 18.5. The molecular weight excluding hydrogens is 1280 g/mol. The summed E-state index contributed by atoms with van der Waals surface area (Å²) < 4.78 is 68.5. The summed E-state index contributed by atoms with van der Waals surface area (Å²) in [7, 11) is -9.91. The predicted octanol–water partition coefficient (Wildman–Crippen LogP) is 23.5. The third-order valence-corrected chi connectivity index (χ3v) is 20.4. The Morgan fingerprint density at radius 2 is 0.469 bits per heavy atom. The van der Waals surface area contributed by atoms with E-state index in [9.17, 15) is 43.2 Å². The molecule has 0 aliphatic heterocycles. The maximum atomic E-state index is 13.1. The first-order chi connectivity index (χ1) is 47.4. The molecule has 0 aliphatic rings. The predicted molar refractivity (Wildman–Crippen MR) is 400 cm³/mol. The molecule has 582 valence electrons. The molecule has 17 nitrogen and oxygen atoms in total. The van der Waals surface area contributed by atoms with Crippen molar-refractivity contribution < 1.29 is 80.2 Å². The van der Waals surface area contributed by atoms with Crippen LogP contribution in [-0.2, 0) is 65.4 Å². The normalized spacial score (nSPS) is 13.9. The Bertz CT molecular complexity index is 1890. The monoisotopic (exact) mass is 1440 g/mol. The second-order valence-corrected chi connectivity index (χ2v) is 32.3. The Hall–Kier alpha value is -1.94. The number of rotatable bonds is 78. The van der Waals surface area contributed by atoms with Crippen molar-refractivity contribution in [3.63, 3.8) is 0 Å². The van der Waals surface area contributed by atoms with Crippen LogP contribution in [0.2, 0.25) is 0 Å². The fourth-order valence-corrected chi connectivity index (χ4v) is 13.8. The molecule has 0 rings (SSSR count). The van der Waals surface area contributed by atoms with Crippen LogP contribution in [0.15, 0.2) is 0 Å². The number of hydrogen-bond acceptors (Lipinski definition) is 15. The average molecular weight is 1440 g/mol. The van der Waals surface area contributed by atoms with Crippen LogP contribution in [0.3, 0.4) is 0 Å². The van der Waals surface area contributed by atoms with Crippen LogP contribution in [0, 0.1) is 11.8 Å². The number of hydrogen-bond donors (Lipinski definition) is 3. The van der Waals surface area contributed by atoms with Gasteiger partial charge in [0, 0.05) is 25.7 Å². The molecule has 0 spiro atoms. The highest BCUT2D eigenvalue weighted by Gasteiger charge is 2.30. The number of phosphoric acid groups is 2. The minimum atomic E-state index is -4.96. The number of aliphatic hydroxyl groups excluding tert-OH is 1. The molecule has 0 fully saturated rings. The van der Waals surface area contributed by atoms with Crippen LogP contribution in [-0.4, -0.2) is 96.7 Å². The Kier molecular flexibility index (Phi) is 69.3. The molecule has 0 saturated carbocycles. The summed E-state index contributed by atoms with van der Waals surface area (Å²) in [5, 5.41) is 10.6. The van der Waals surface area contributed by atoms with Crippen molar-refractivity contribution in [1.29, 1.82) is 0 Å². The standard InChI is InChI=1S/C79H154O17P2/c1-7-9-11-13-15-16-17-18-19-20-21-22-23-26-30-33-39-45-51-57-63-78(83)96-75(68-90-77(82)62-56-50-44-38-32-29-27-24-25-28-31-36-42-47-53-59-71(3)4)70-94-98(87,88)92-66-73(80)65-91-97(85,86)93-69-74(67-89-76(81)61-55-49-41-14-12-10-8-2)95-79(84)64-58-52-46-40-35-34-37-43-48-54-60-72(5)6/h71-75,80H,7-70H2,1-6H3,(H,85,86)(H,87,88)/t73-,74+,75+/m0/s1. The molecule has 0 aromatic heterocycles. The number of carbonyl (C=O) groups is 4. The maximum Gasteiger partial charge on any atom is 0.472 e. The lowest BCUT2D eigenvalue weighted by Crippen LogP contribution is -2.30. The van der Waals surface area contributed by atoms with E-state index in [-0.39, 0.29) is 25.7 Å². The Morgan fingerprint density at radius 1 is 0.276 bits per heavy atom. The van der Waals surface area contributed by atoms with E-state index in [0.717, 1.165) is 115 Å². The molecule has 0 amide bonds. The van der Waals surface area contributed by atoms with Crippen LogP contribution in [0.5, 0.6) is 0 Å². The fraction of sp³-hybridized carbons (Fsp3) is 0.949. The molecule has 0 aromatic carbocycles. The lowest BCUT2D eigenvalue weighted by atomic mass is 10.0. The summed E-state index contributed by atoms with van der Waals surface area (Å²) in [6.07, 6.45) is 59.9. The van der Waals surface area contributed by atoms with Crippen LogP contribution < -0.4 is 0 Å². The second-order valence-electron chi connectivity index (χ2n) is 29.4. The smallest absolute Gasteiger partial charge is 0.462 e. The Morgan fingerprint density at radius 3 is 0.694 bits per heavy atom. The summed E-state index contributed by atoms with van der Waals surface area (Å²) in [4.78, 5) is 72.8. The van der Waals surface area contributed by atoms with Gasteiger partial charge in [-0.2, -0.15) is 0 Å². The third kappa shape index (κ3) is 72.4. The lowest BCUT2D eigenvalue weighted by molar-refractivity contribution is -0.161. The summed E-state index contributed by atoms with van der Waals surface area (Å²) in [6, 6.07) is 0. The van der Waals surface area contributed by atoms with Crippen LogP contribution in [0.4, 0.5) is 0 Å². The molecule has 0 aliphatic carbocycles. The van der Waals surface area contributed by atoms with Gasteiger partial charge in [0.1, 0.15) is 19.3 Å². The summed E-state index contributed by atoms with van der Waals surface area (Å²) in [6.45, 7) is 9.59. The van der Waals surface area contributed by atoms with Crippen molar-refractivity contribution in [2.75, 3.05) is 39.6 Å². The van der Waals surface area contributed by atoms with E-state index in [1.54, 1.807) is 0 Å². The summed E-state index contributed by atoms with van der Waals surface area (Å²) in [5.41, 5.74) is 0. The van der Waals surface area contributed by atoms with E-state index in [1.807, 2.05) is 0 Å². The van der Waals surface area contributed by atoms with Gasteiger partial charge in [0.25, 0.3) is 0 Å². The average Bonchev–Trinajstić information content (AvgIpc) is 1.00. The molecular formula is C79H154O17P2. The number of ether oxygens (including phenoxy) is 4. The highest BCUT2D eigenvalue weighted by molar-refractivity contribution is 7.47. The molecule has 98 heavy (non-hydrogen) atoms. The van der Waals surface area contributed by atoms with E-state index >= 15 is 0 Å². The van der Waals surface area contributed by atoms with Gasteiger partial charge in [0.05, 0.1) is 26.4 Å². The van der Waals surface area contributed by atoms with E-state index in [2.05, 4.69) is 41.5 Å². The number of esters is 4. The van der Waals surface area contributed by atoms with Crippen molar-refractivity contribution in [2.45, 2.75) is 432 Å². The lowest BCUT2D eigenvalue weighted by Gasteiger charge is -2.21. The zero-order valence-corrected chi connectivity index (χ0v) is 65.9. The Labute approximate surface area is 600 Å². The molecule has 0 radical (unpaired) electrons. The first-order valence-corrected chi connectivity index (χ1v) is 44.0. The summed E-state index contributed by atoms with van der Waals surface area (Å²) in [5.74, 6) is -0.558. The van der Waals surface area contributed by atoms with E-state index < -0.39 is 97.5 Å². The number of phosphoric ester groups is 2. The fourth-order valence-electron chi connectivity index (χ4n) is 12.2. The minimum absolute atomic E-state index is 0.106. The molecule has 3 N–H and O–H groups in total. The Balaban J connectivity index is 5.18. The molecule has 0 bridgehead atoms. The first kappa shape index (κ1) is 96.1. The molecule has 5 atom stereocenters. The zero-order chi connectivity index (χ0) is 72.1. The number of carbonyl (C=O) groups excluding carboxylic acids is 4. The van der Waals surface area contributed by atoms with E-state index in [1.165, 1.54) is 218 Å². The van der Waals surface area contributed by atoms with Gasteiger partial charge in [-0.05, 0) is 37.5 Å². The van der Waals surface area contributed by atoms with Crippen molar-refractivity contribution in [3.8, 4) is 0 Å². The van der Waals surface area contributed by atoms with Gasteiger partial charge in [0.2, 0.25) is 0 Å². The van der Waals surface area contributed by atoms with Gasteiger partial charge in [-0.3, -0.25) is 37.3 Å². The van der Waals surface area contributed by atoms with Crippen molar-refractivity contribution in [2.24, 2.45) is 11.8 Å². The van der Waals surface area contributed by atoms with Crippen molar-refractivity contribution in [1.82, 2.24) is 0 Å².